The van der Waals surface area contributed by atoms with Gasteiger partial charge in [0, 0.05) is 0 Å². The van der Waals surface area contributed by atoms with Crippen molar-refractivity contribution in [1.29, 1.82) is 0 Å². The molecule has 0 amide bonds. The molecule has 0 heterocycles. The molecule has 0 atom stereocenters. The summed E-state index contributed by atoms with van der Waals surface area (Å²) in [5.41, 5.74) is 3.68. The lowest BCUT2D eigenvalue weighted by Gasteiger charge is -2.03. The van der Waals surface area contributed by atoms with E-state index in [4.69, 9.17) is 0 Å². The fourth-order valence-electron chi connectivity index (χ4n) is 2.68. The van der Waals surface area contributed by atoms with E-state index in [0.717, 1.165) is 36.0 Å². The number of phenols is 2. The molecule has 0 spiro atoms. The SMILES string of the molecule is CCCCc1ccc(C=O)c(O)c1.O=Cc1ccc(-c2ccccc2)cc1O. The largest absolute Gasteiger partial charge is 0.507 e. The number of carbonyl (C=O) groups excluding carboxylic acids is 2. The van der Waals surface area contributed by atoms with E-state index in [1.54, 1.807) is 24.3 Å². The van der Waals surface area contributed by atoms with Gasteiger partial charge in [-0.25, -0.2) is 0 Å². The fraction of sp³-hybridized carbons (Fsp3) is 0.167. The van der Waals surface area contributed by atoms with Crippen molar-refractivity contribution in [2.75, 3.05) is 0 Å². The van der Waals surface area contributed by atoms with E-state index in [1.807, 2.05) is 42.5 Å². The number of aromatic hydroxyl groups is 2. The molecule has 144 valence electrons. The molecule has 0 radical (unpaired) electrons. The summed E-state index contributed by atoms with van der Waals surface area (Å²) in [6, 6.07) is 19.9. The highest BCUT2D eigenvalue weighted by Gasteiger charge is 2.02. The molecule has 0 saturated heterocycles. The van der Waals surface area contributed by atoms with Crippen LogP contribution >= 0.6 is 0 Å². The summed E-state index contributed by atoms with van der Waals surface area (Å²) in [7, 11) is 0. The van der Waals surface area contributed by atoms with E-state index in [-0.39, 0.29) is 11.5 Å². The number of hydrogen-bond acceptors (Lipinski definition) is 4. The molecule has 4 nitrogen and oxygen atoms in total. The average Bonchev–Trinajstić information content (AvgIpc) is 2.73. The Morgan fingerprint density at radius 2 is 1.36 bits per heavy atom. The lowest BCUT2D eigenvalue weighted by atomic mass is 10.0. The standard InChI is InChI=1S/C13H10O2.C11H14O2/c14-9-12-7-6-11(8-13(12)15)10-4-2-1-3-5-10;1-2-3-4-9-5-6-10(8-12)11(13)7-9/h1-9,15H;5-8,13H,2-4H2,1H3. The van der Waals surface area contributed by atoms with E-state index in [2.05, 4.69) is 6.92 Å². The summed E-state index contributed by atoms with van der Waals surface area (Å²) in [5.74, 6) is 0.106. The van der Waals surface area contributed by atoms with Gasteiger partial charge in [0.15, 0.2) is 12.6 Å². The van der Waals surface area contributed by atoms with E-state index in [9.17, 15) is 19.8 Å². The van der Waals surface area contributed by atoms with Gasteiger partial charge in [0.1, 0.15) is 11.5 Å². The second-order valence-electron chi connectivity index (χ2n) is 6.37. The van der Waals surface area contributed by atoms with Crippen LogP contribution in [0.25, 0.3) is 11.1 Å². The van der Waals surface area contributed by atoms with Gasteiger partial charge in [0.05, 0.1) is 11.1 Å². The van der Waals surface area contributed by atoms with Crippen LogP contribution in [0.15, 0.2) is 66.7 Å². The Labute approximate surface area is 165 Å². The molecule has 0 fully saturated rings. The first-order chi connectivity index (χ1) is 13.6. The molecular formula is C24H24O4. The van der Waals surface area contributed by atoms with Crippen molar-refractivity contribution in [3.8, 4) is 22.6 Å². The van der Waals surface area contributed by atoms with Gasteiger partial charge >= 0.3 is 0 Å². The number of aldehydes is 2. The number of aryl methyl sites for hydroxylation is 1. The van der Waals surface area contributed by atoms with Gasteiger partial charge in [-0.1, -0.05) is 55.8 Å². The van der Waals surface area contributed by atoms with Crippen LogP contribution in [0, 0.1) is 0 Å². The third-order valence-electron chi connectivity index (χ3n) is 4.31. The van der Waals surface area contributed by atoms with E-state index in [0.29, 0.717) is 23.7 Å². The zero-order chi connectivity index (χ0) is 20.4. The quantitative estimate of drug-likeness (QED) is 0.563. The first kappa shape index (κ1) is 20.9. The molecule has 3 aromatic rings. The molecule has 0 saturated carbocycles. The molecule has 0 aliphatic heterocycles. The predicted molar refractivity (Wildman–Crippen MR) is 111 cm³/mol. The van der Waals surface area contributed by atoms with Gasteiger partial charge in [-0.15, -0.1) is 0 Å². The third-order valence-corrected chi connectivity index (χ3v) is 4.31. The Kier molecular flexibility index (Phi) is 7.97. The molecule has 0 unspecified atom stereocenters. The molecule has 2 N–H and O–H groups in total. The van der Waals surface area contributed by atoms with Crippen molar-refractivity contribution >= 4 is 12.6 Å². The summed E-state index contributed by atoms with van der Waals surface area (Å²) in [6.07, 6.45) is 4.52. The highest BCUT2D eigenvalue weighted by atomic mass is 16.3. The zero-order valence-electron chi connectivity index (χ0n) is 15.8. The van der Waals surface area contributed by atoms with Crippen LogP contribution in [-0.4, -0.2) is 22.8 Å². The average molecular weight is 376 g/mol. The Balaban J connectivity index is 0.000000203. The van der Waals surface area contributed by atoms with E-state index < -0.39 is 0 Å². The highest BCUT2D eigenvalue weighted by molar-refractivity contribution is 5.81. The molecule has 0 bridgehead atoms. The van der Waals surface area contributed by atoms with Crippen molar-refractivity contribution < 1.29 is 19.8 Å². The number of benzene rings is 3. The maximum Gasteiger partial charge on any atom is 0.153 e. The lowest BCUT2D eigenvalue weighted by Crippen LogP contribution is -1.87. The topological polar surface area (TPSA) is 74.6 Å². The van der Waals surface area contributed by atoms with Crippen LogP contribution < -0.4 is 0 Å². The van der Waals surface area contributed by atoms with Gasteiger partial charge in [0.25, 0.3) is 0 Å². The Morgan fingerprint density at radius 3 is 1.89 bits per heavy atom. The van der Waals surface area contributed by atoms with Gasteiger partial charge in [-0.3, -0.25) is 9.59 Å². The van der Waals surface area contributed by atoms with E-state index >= 15 is 0 Å². The molecule has 3 aromatic carbocycles. The van der Waals surface area contributed by atoms with Gasteiger partial charge < -0.3 is 10.2 Å². The normalized spacial score (nSPS) is 9.89. The number of rotatable bonds is 6. The summed E-state index contributed by atoms with van der Waals surface area (Å²) < 4.78 is 0. The monoisotopic (exact) mass is 376 g/mol. The maximum atomic E-state index is 10.5. The minimum absolute atomic E-state index is 0.0198. The summed E-state index contributed by atoms with van der Waals surface area (Å²) in [6.45, 7) is 2.12. The van der Waals surface area contributed by atoms with Crippen molar-refractivity contribution in [1.82, 2.24) is 0 Å². The molecule has 0 aromatic heterocycles. The molecular weight excluding hydrogens is 352 g/mol. The summed E-state index contributed by atoms with van der Waals surface area (Å²) >= 11 is 0. The van der Waals surface area contributed by atoms with Crippen molar-refractivity contribution in [2.24, 2.45) is 0 Å². The second-order valence-corrected chi connectivity index (χ2v) is 6.37. The molecule has 28 heavy (non-hydrogen) atoms. The Bertz CT molecular complexity index is 917. The molecule has 0 aliphatic rings. The number of unbranched alkanes of at least 4 members (excludes halogenated alkanes) is 1. The predicted octanol–water partition coefficient (Wildman–Crippen LogP) is 5.42. The van der Waals surface area contributed by atoms with Crippen LogP contribution in [0.4, 0.5) is 0 Å². The molecule has 4 heteroatoms. The van der Waals surface area contributed by atoms with Crippen LogP contribution in [0.3, 0.4) is 0 Å². The minimum Gasteiger partial charge on any atom is -0.507 e. The smallest absolute Gasteiger partial charge is 0.153 e. The lowest BCUT2D eigenvalue weighted by molar-refractivity contribution is 0.111. The first-order valence-corrected chi connectivity index (χ1v) is 9.19. The van der Waals surface area contributed by atoms with Gasteiger partial charge in [0.2, 0.25) is 0 Å². The molecule has 0 aliphatic carbocycles. The maximum absolute atomic E-state index is 10.5. The van der Waals surface area contributed by atoms with Gasteiger partial charge in [-0.05, 0) is 53.8 Å². The Morgan fingerprint density at radius 1 is 0.750 bits per heavy atom. The van der Waals surface area contributed by atoms with Crippen LogP contribution in [-0.2, 0) is 6.42 Å². The number of phenolic OH excluding ortho intramolecular Hbond substituents is 2. The van der Waals surface area contributed by atoms with Crippen molar-refractivity contribution in [3.05, 3.63) is 83.4 Å². The van der Waals surface area contributed by atoms with Gasteiger partial charge in [-0.2, -0.15) is 0 Å². The summed E-state index contributed by atoms with van der Waals surface area (Å²) in [5, 5.41) is 18.9. The van der Waals surface area contributed by atoms with Crippen molar-refractivity contribution in [3.63, 3.8) is 0 Å². The first-order valence-electron chi connectivity index (χ1n) is 9.19. The second kappa shape index (κ2) is 10.7. The molecule has 3 rings (SSSR count). The number of hydrogen-bond donors (Lipinski definition) is 2. The zero-order valence-corrected chi connectivity index (χ0v) is 15.8. The number of carbonyl (C=O) groups is 2. The van der Waals surface area contributed by atoms with E-state index in [1.165, 1.54) is 0 Å². The third kappa shape index (κ3) is 5.81. The van der Waals surface area contributed by atoms with Crippen molar-refractivity contribution in [2.45, 2.75) is 26.2 Å². The Hall–Kier alpha value is -3.40. The fourth-order valence-corrected chi connectivity index (χ4v) is 2.68. The minimum atomic E-state index is 0.0198. The van der Waals surface area contributed by atoms with Crippen LogP contribution in [0.1, 0.15) is 46.0 Å². The van der Waals surface area contributed by atoms with Crippen LogP contribution in [0.2, 0.25) is 0 Å². The highest BCUT2D eigenvalue weighted by Crippen LogP contribution is 2.25. The van der Waals surface area contributed by atoms with Crippen LogP contribution in [0.5, 0.6) is 11.5 Å². The summed E-state index contributed by atoms with van der Waals surface area (Å²) in [4.78, 5) is 20.9.